The molecule has 2 aromatic carbocycles. The molecule has 4 nitrogen and oxygen atoms in total. The van der Waals surface area contributed by atoms with E-state index in [9.17, 15) is 9.18 Å². The third-order valence-corrected chi connectivity index (χ3v) is 4.46. The molecule has 0 spiro atoms. The number of hydrogen-bond donors (Lipinski definition) is 2. The van der Waals surface area contributed by atoms with E-state index in [0.717, 1.165) is 28.8 Å². The van der Waals surface area contributed by atoms with Crippen LogP contribution in [0.5, 0.6) is 0 Å². The number of carbonyl (C=O) groups is 1. The Kier molecular flexibility index (Phi) is 6.16. The average molecular weight is 358 g/mol. The molecule has 0 amide bonds. The van der Waals surface area contributed by atoms with E-state index in [1.165, 1.54) is 5.56 Å². The predicted octanol–water partition coefficient (Wildman–Crippen LogP) is 3.95. The van der Waals surface area contributed by atoms with Crippen LogP contribution in [-0.4, -0.2) is 30.1 Å². The van der Waals surface area contributed by atoms with E-state index in [4.69, 9.17) is 10.8 Å². The summed E-state index contributed by atoms with van der Waals surface area (Å²) in [6, 6.07) is 6.89. The number of rotatable bonds is 6. The molecule has 0 aliphatic heterocycles. The van der Waals surface area contributed by atoms with Crippen molar-refractivity contribution in [3.63, 3.8) is 0 Å². The smallest absolute Gasteiger partial charge is 0.305 e. The highest BCUT2D eigenvalue weighted by molar-refractivity contribution is 5.73. The number of nitrogens with zero attached hydrogens (tertiary/aromatic N) is 1. The summed E-state index contributed by atoms with van der Waals surface area (Å²) >= 11 is 0. The molecule has 1 atom stereocenters. The van der Waals surface area contributed by atoms with Crippen LogP contribution in [0, 0.1) is 26.6 Å². The Morgan fingerprint density at radius 2 is 1.69 bits per heavy atom. The number of halogens is 1. The maximum atomic E-state index is 14.5. The standard InChI is InChI=1S/C21H27FN2O2/c1-12-6-15(11-24(4)5)7-13(2)20(12)16-8-14(3)21(22)17(9-16)18(23)10-19(25)26/h6-9,18H,10-11,23H2,1-5H3,(H,25,26)/t18-/m0/s1. The Morgan fingerprint density at radius 1 is 1.12 bits per heavy atom. The van der Waals surface area contributed by atoms with Crippen LogP contribution in [-0.2, 0) is 11.3 Å². The first-order valence-electron chi connectivity index (χ1n) is 8.62. The fourth-order valence-electron chi connectivity index (χ4n) is 3.47. The summed E-state index contributed by atoms with van der Waals surface area (Å²) in [6.45, 7) is 6.61. The molecular formula is C21H27FN2O2. The van der Waals surface area contributed by atoms with Crippen molar-refractivity contribution in [2.75, 3.05) is 14.1 Å². The van der Waals surface area contributed by atoms with Gasteiger partial charge in [0.25, 0.3) is 0 Å². The molecule has 0 aliphatic rings. The topological polar surface area (TPSA) is 66.6 Å². The predicted molar refractivity (Wildman–Crippen MR) is 103 cm³/mol. The maximum absolute atomic E-state index is 14.5. The maximum Gasteiger partial charge on any atom is 0.305 e. The fourth-order valence-corrected chi connectivity index (χ4v) is 3.47. The van der Waals surface area contributed by atoms with Gasteiger partial charge in [-0.1, -0.05) is 12.1 Å². The monoisotopic (exact) mass is 358 g/mol. The highest BCUT2D eigenvalue weighted by Gasteiger charge is 2.19. The van der Waals surface area contributed by atoms with Gasteiger partial charge in [-0.25, -0.2) is 4.39 Å². The van der Waals surface area contributed by atoms with Gasteiger partial charge in [-0.05, 0) is 80.4 Å². The summed E-state index contributed by atoms with van der Waals surface area (Å²) in [7, 11) is 4.05. The zero-order valence-electron chi connectivity index (χ0n) is 16.1. The van der Waals surface area contributed by atoms with Crippen LogP contribution < -0.4 is 5.73 Å². The van der Waals surface area contributed by atoms with Gasteiger partial charge in [-0.15, -0.1) is 0 Å². The summed E-state index contributed by atoms with van der Waals surface area (Å²) in [6.07, 6.45) is -0.306. The molecule has 0 aromatic heterocycles. The van der Waals surface area contributed by atoms with E-state index in [2.05, 4.69) is 17.0 Å². The second-order valence-electron chi connectivity index (χ2n) is 7.24. The number of benzene rings is 2. The van der Waals surface area contributed by atoms with Gasteiger partial charge in [0.05, 0.1) is 6.42 Å². The summed E-state index contributed by atoms with van der Waals surface area (Å²) < 4.78 is 14.5. The summed E-state index contributed by atoms with van der Waals surface area (Å²) in [5.41, 5.74) is 12.0. The Morgan fingerprint density at radius 3 is 2.19 bits per heavy atom. The van der Waals surface area contributed by atoms with Crippen LogP contribution in [0.1, 0.15) is 40.3 Å². The Bertz CT molecular complexity index is 808. The lowest BCUT2D eigenvalue weighted by Crippen LogP contribution is -2.17. The molecule has 0 saturated heterocycles. The largest absolute Gasteiger partial charge is 0.481 e. The molecule has 3 N–H and O–H groups in total. The minimum atomic E-state index is -1.04. The van der Waals surface area contributed by atoms with Crippen LogP contribution in [0.4, 0.5) is 4.39 Å². The zero-order valence-corrected chi connectivity index (χ0v) is 16.1. The lowest BCUT2D eigenvalue weighted by Gasteiger charge is -2.19. The van der Waals surface area contributed by atoms with Crippen molar-refractivity contribution in [2.45, 2.75) is 39.8 Å². The molecule has 0 fully saturated rings. The van der Waals surface area contributed by atoms with Gasteiger partial charge in [-0.2, -0.15) is 0 Å². The van der Waals surface area contributed by atoms with Gasteiger partial charge in [0.2, 0.25) is 0 Å². The van der Waals surface area contributed by atoms with Crippen LogP contribution in [0.25, 0.3) is 11.1 Å². The highest BCUT2D eigenvalue weighted by atomic mass is 19.1. The first kappa shape index (κ1) is 20.1. The van der Waals surface area contributed by atoms with Crippen molar-refractivity contribution < 1.29 is 14.3 Å². The van der Waals surface area contributed by atoms with E-state index < -0.39 is 17.8 Å². The molecule has 5 heteroatoms. The molecule has 26 heavy (non-hydrogen) atoms. The fraction of sp³-hybridized carbons (Fsp3) is 0.381. The number of nitrogens with two attached hydrogens (primary N) is 1. The second kappa shape index (κ2) is 7.98. The Labute approximate surface area is 154 Å². The lowest BCUT2D eigenvalue weighted by molar-refractivity contribution is -0.137. The molecule has 0 aliphatic carbocycles. The van der Waals surface area contributed by atoms with Crippen molar-refractivity contribution in [1.82, 2.24) is 4.90 Å². The first-order valence-corrected chi connectivity index (χ1v) is 8.62. The van der Waals surface area contributed by atoms with Gasteiger partial charge < -0.3 is 15.7 Å². The summed E-state index contributed by atoms with van der Waals surface area (Å²) in [4.78, 5) is 13.1. The Hall–Kier alpha value is -2.24. The first-order chi connectivity index (χ1) is 12.1. The molecular weight excluding hydrogens is 331 g/mol. The molecule has 0 heterocycles. The van der Waals surface area contributed by atoms with Crippen molar-refractivity contribution in [2.24, 2.45) is 5.73 Å². The SMILES string of the molecule is Cc1cc(-c2c(C)cc(CN(C)C)cc2C)cc([C@@H](N)CC(=O)O)c1F. The molecule has 2 aromatic rings. The van der Waals surface area contributed by atoms with Gasteiger partial charge in [-0.3, -0.25) is 4.79 Å². The van der Waals surface area contributed by atoms with Gasteiger partial charge in [0.15, 0.2) is 0 Å². The van der Waals surface area contributed by atoms with Crippen molar-refractivity contribution in [3.05, 3.63) is 57.9 Å². The van der Waals surface area contributed by atoms with Gasteiger partial charge in [0, 0.05) is 18.2 Å². The van der Waals surface area contributed by atoms with Crippen LogP contribution in [0.2, 0.25) is 0 Å². The quantitative estimate of drug-likeness (QED) is 0.820. The number of aryl methyl sites for hydroxylation is 3. The molecule has 0 unspecified atom stereocenters. The zero-order chi connectivity index (χ0) is 19.6. The van der Waals surface area contributed by atoms with Crippen molar-refractivity contribution >= 4 is 5.97 Å². The third kappa shape index (κ3) is 4.48. The van der Waals surface area contributed by atoms with E-state index >= 15 is 0 Å². The number of carboxylic acids is 1. The summed E-state index contributed by atoms with van der Waals surface area (Å²) in [5, 5.41) is 8.98. The highest BCUT2D eigenvalue weighted by Crippen LogP contribution is 2.33. The van der Waals surface area contributed by atoms with E-state index in [1.54, 1.807) is 19.1 Å². The average Bonchev–Trinajstić information content (AvgIpc) is 2.48. The van der Waals surface area contributed by atoms with Crippen molar-refractivity contribution in [3.8, 4) is 11.1 Å². The molecule has 0 bridgehead atoms. The van der Waals surface area contributed by atoms with Gasteiger partial charge in [0.1, 0.15) is 5.82 Å². The molecule has 0 radical (unpaired) electrons. The van der Waals surface area contributed by atoms with Crippen LogP contribution >= 0.6 is 0 Å². The Balaban J connectivity index is 2.55. The van der Waals surface area contributed by atoms with Gasteiger partial charge >= 0.3 is 5.97 Å². The lowest BCUT2D eigenvalue weighted by atomic mass is 9.89. The molecule has 140 valence electrons. The van der Waals surface area contributed by atoms with Crippen LogP contribution in [0.15, 0.2) is 24.3 Å². The molecule has 0 saturated carbocycles. The number of carboxylic acid groups (broad SMARTS) is 1. The van der Waals surface area contributed by atoms with Crippen LogP contribution in [0.3, 0.4) is 0 Å². The van der Waals surface area contributed by atoms with E-state index in [1.807, 2.05) is 27.9 Å². The normalized spacial score (nSPS) is 12.5. The number of aliphatic carboxylic acids is 1. The minimum Gasteiger partial charge on any atom is -0.481 e. The van der Waals surface area contributed by atoms with E-state index in [0.29, 0.717) is 5.56 Å². The molecule has 2 rings (SSSR count). The summed E-state index contributed by atoms with van der Waals surface area (Å²) in [5.74, 6) is -1.47. The van der Waals surface area contributed by atoms with Crippen molar-refractivity contribution in [1.29, 1.82) is 0 Å². The van der Waals surface area contributed by atoms with E-state index in [-0.39, 0.29) is 12.0 Å². The third-order valence-electron chi connectivity index (χ3n) is 4.46. The minimum absolute atomic E-state index is 0.249. The number of hydrogen-bond acceptors (Lipinski definition) is 3. The second-order valence-corrected chi connectivity index (χ2v) is 7.24.